The summed E-state index contributed by atoms with van der Waals surface area (Å²) in [7, 11) is 0. The topological polar surface area (TPSA) is 53.2 Å². The van der Waals surface area contributed by atoms with Crippen LogP contribution in [0.3, 0.4) is 0 Å². The van der Waals surface area contributed by atoms with Gasteiger partial charge in [-0.05, 0) is 80.0 Å². The largest absolute Gasteiger partial charge is 0.334 e. The first kappa shape index (κ1) is 22.7. The molecule has 0 heterocycles. The van der Waals surface area contributed by atoms with Gasteiger partial charge in [0.05, 0.1) is 0 Å². The summed E-state index contributed by atoms with van der Waals surface area (Å²) in [6, 6.07) is 13.2. The zero-order valence-corrected chi connectivity index (χ0v) is 18.5. The Bertz CT molecular complexity index is 872. The van der Waals surface area contributed by atoms with E-state index >= 15 is 0 Å². The lowest BCUT2D eigenvalue weighted by Gasteiger charge is -2.38. The quantitative estimate of drug-likeness (QED) is 0.532. The maximum atomic E-state index is 13.2. The van der Waals surface area contributed by atoms with Crippen molar-refractivity contribution in [1.82, 2.24) is 10.6 Å². The molecule has 4 nitrogen and oxygen atoms in total. The van der Waals surface area contributed by atoms with E-state index in [9.17, 15) is 13.6 Å². The first-order valence-corrected chi connectivity index (χ1v) is 11.9. The number of hydrogen-bond acceptors (Lipinski definition) is 2. The third-order valence-corrected chi connectivity index (χ3v) is 6.85. The first-order valence-electron chi connectivity index (χ1n) is 11.9. The highest BCUT2D eigenvalue weighted by Crippen LogP contribution is 2.29. The molecule has 2 amide bonds. The van der Waals surface area contributed by atoms with Crippen molar-refractivity contribution >= 4 is 11.7 Å². The van der Waals surface area contributed by atoms with E-state index in [0.29, 0.717) is 17.6 Å². The van der Waals surface area contributed by atoms with Gasteiger partial charge in [0.1, 0.15) is 11.6 Å². The third-order valence-electron chi connectivity index (χ3n) is 6.85. The molecule has 0 bridgehead atoms. The number of halogens is 2. The third kappa shape index (κ3) is 6.52. The Hall–Kier alpha value is -2.47. The second kappa shape index (κ2) is 10.9. The van der Waals surface area contributed by atoms with Crippen molar-refractivity contribution in [3.8, 4) is 0 Å². The van der Waals surface area contributed by atoms with Gasteiger partial charge in [-0.1, -0.05) is 37.8 Å². The lowest BCUT2D eigenvalue weighted by Crippen LogP contribution is -2.55. The van der Waals surface area contributed by atoms with Crippen molar-refractivity contribution in [2.24, 2.45) is 5.92 Å². The van der Waals surface area contributed by atoms with Crippen LogP contribution in [0, 0.1) is 17.6 Å². The molecule has 4 rings (SSSR count). The van der Waals surface area contributed by atoms with Crippen molar-refractivity contribution in [2.45, 2.75) is 75.9 Å². The fourth-order valence-electron chi connectivity index (χ4n) is 5.26. The van der Waals surface area contributed by atoms with Crippen LogP contribution in [0.4, 0.5) is 19.3 Å². The second-order valence-electron chi connectivity index (χ2n) is 9.33. The van der Waals surface area contributed by atoms with E-state index in [2.05, 4.69) is 16.0 Å². The molecule has 0 spiro atoms. The smallest absolute Gasteiger partial charge is 0.319 e. The van der Waals surface area contributed by atoms with Gasteiger partial charge >= 0.3 is 6.03 Å². The molecule has 6 heteroatoms. The van der Waals surface area contributed by atoms with E-state index in [0.717, 1.165) is 38.5 Å². The first-order chi connectivity index (χ1) is 15.5. The Morgan fingerprint density at radius 1 is 0.812 bits per heavy atom. The summed E-state index contributed by atoms with van der Waals surface area (Å²) in [5.74, 6) is 0.0949. The van der Waals surface area contributed by atoms with E-state index in [4.69, 9.17) is 0 Å². The number of urea groups is 1. The number of rotatable bonds is 6. The average Bonchev–Trinajstić information content (AvgIpc) is 2.79. The Morgan fingerprint density at radius 2 is 1.47 bits per heavy atom. The van der Waals surface area contributed by atoms with Crippen LogP contribution in [0.25, 0.3) is 0 Å². The summed E-state index contributed by atoms with van der Waals surface area (Å²) >= 11 is 0. The predicted molar refractivity (Wildman–Crippen MR) is 124 cm³/mol. The van der Waals surface area contributed by atoms with Crippen molar-refractivity contribution in [2.75, 3.05) is 5.32 Å². The fourth-order valence-corrected chi connectivity index (χ4v) is 5.26. The number of nitrogens with one attached hydrogen (secondary N) is 3. The van der Waals surface area contributed by atoms with Crippen LogP contribution < -0.4 is 16.0 Å². The van der Waals surface area contributed by atoms with Crippen LogP contribution in [-0.2, 0) is 6.42 Å². The van der Waals surface area contributed by atoms with Crippen LogP contribution in [-0.4, -0.2) is 24.2 Å². The molecule has 0 saturated heterocycles. The Morgan fingerprint density at radius 3 is 2.19 bits per heavy atom. The SMILES string of the molecule is O=C(Nc1ccc(F)cc1)N[C@@H]1CCCC[C@H]1N[C@@H]1CCC[C@H](Cc2ccc(F)cc2)C1. The Kier molecular flexibility index (Phi) is 7.74. The van der Waals surface area contributed by atoms with Gasteiger partial charge in [-0.15, -0.1) is 0 Å². The van der Waals surface area contributed by atoms with E-state index < -0.39 is 0 Å². The molecular formula is C26H33F2N3O. The van der Waals surface area contributed by atoms with E-state index in [1.165, 1.54) is 37.0 Å². The summed E-state index contributed by atoms with van der Waals surface area (Å²) < 4.78 is 26.3. The predicted octanol–water partition coefficient (Wildman–Crippen LogP) is 5.79. The zero-order valence-electron chi connectivity index (χ0n) is 18.5. The molecule has 0 aliphatic heterocycles. The minimum Gasteiger partial charge on any atom is -0.334 e. The molecule has 3 N–H and O–H groups in total. The van der Waals surface area contributed by atoms with Gasteiger partial charge in [0.15, 0.2) is 0 Å². The standard InChI is InChI=1S/C26H33F2N3O/c27-20-10-8-18(9-11-20)16-19-4-3-5-23(17-19)29-24-6-1-2-7-25(24)31-26(32)30-22-14-12-21(28)13-15-22/h8-15,19,23-25,29H,1-7,16-17H2,(H2,30,31,32)/t19-,23-,24-,25-/m1/s1. The van der Waals surface area contributed by atoms with Crippen molar-refractivity contribution < 1.29 is 13.6 Å². The van der Waals surface area contributed by atoms with E-state index in [1.54, 1.807) is 24.3 Å². The number of carbonyl (C=O) groups is 1. The molecule has 0 aromatic heterocycles. The Balaban J connectivity index is 1.29. The van der Waals surface area contributed by atoms with E-state index in [-0.39, 0.29) is 29.7 Å². The van der Waals surface area contributed by atoms with Gasteiger partial charge in [0, 0.05) is 23.8 Å². The van der Waals surface area contributed by atoms with Crippen molar-refractivity contribution in [1.29, 1.82) is 0 Å². The van der Waals surface area contributed by atoms with Gasteiger partial charge in [-0.3, -0.25) is 0 Å². The number of anilines is 1. The van der Waals surface area contributed by atoms with Crippen LogP contribution in [0.2, 0.25) is 0 Å². The summed E-state index contributed by atoms with van der Waals surface area (Å²) in [5, 5.41) is 9.80. The van der Waals surface area contributed by atoms with E-state index in [1.807, 2.05) is 12.1 Å². The maximum absolute atomic E-state index is 13.2. The molecule has 2 fully saturated rings. The molecule has 2 aromatic rings. The fraction of sp³-hybridized carbons (Fsp3) is 0.500. The molecular weight excluding hydrogens is 408 g/mol. The molecule has 2 aliphatic rings. The van der Waals surface area contributed by atoms with Gasteiger partial charge in [-0.25, -0.2) is 13.6 Å². The van der Waals surface area contributed by atoms with Crippen LogP contribution in [0.1, 0.15) is 56.9 Å². The lowest BCUT2D eigenvalue weighted by atomic mass is 9.81. The normalized spacial score (nSPS) is 25.8. The molecule has 2 aliphatic carbocycles. The van der Waals surface area contributed by atoms with Crippen molar-refractivity contribution in [3.05, 3.63) is 65.7 Å². The number of hydrogen-bond donors (Lipinski definition) is 3. The maximum Gasteiger partial charge on any atom is 0.319 e. The van der Waals surface area contributed by atoms with Gasteiger partial charge in [0.25, 0.3) is 0 Å². The summed E-state index contributed by atoms with van der Waals surface area (Å²) in [6.07, 6.45) is 9.96. The lowest BCUT2D eigenvalue weighted by molar-refractivity contribution is 0.209. The minimum absolute atomic E-state index is 0.0849. The number of benzene rings is 2. The zero-order chi connectivity index (χ0) is 22.3. The molecule has 4 atom stereocenters. The molecule has 2 saturated carbocycles. The summed E-state index contributed by atoms with van der Waals surface area (Å²) in [6.45, 7) is 0. The molecule has 0 unspecified atom stereocenters. The molecule has 2 aromatic carbocycles. The van der Waals surface area contributed by atoms with Crippen LogP contribution in [0.5, 0.6) is 0 Å². The molecule has 32 heavy (non-hydrogen) atoms. The average molecular weight is 442 g/mol. The van der Waals surface area contributed by atoms with Crippen LogP contribution >= 0.6 is 0 Å². The number of carbonyl (C=O) groups excluding carboxylic acids is 1. The van der Waals surface area contributed by atoms with Gasteiger partial charge in [0.2, 0.25) is 0 Å². The van der Waals surface area contributed by atoms with Gasteiger partial charge < -0.3 is 16.0 Å². The summed E-state index contributed by atoms with van der Waals surface area (Å²) in [4.78, 5) is 12.5. The molecule has 172 valence electrons. The van der Waals surface area contributed by atoms with Crippen LogP contribution in [0.15, 0.2) is 48.5 Å². The highest BCUT2D eigenvalue weighted by Gasteiger charge is 2.30. The Labute approximate surface area is 189 Å². The minimum atomic E-state index is -0.322. The highest BCUT2D eigenvalue weighted by molar-refractivity contribution is 5.89. The van der Waals surface area contributed by atoms with Crippen molar-refractivity contribution in [3.63, 3.8) is 0 Å². The number of amides is 2. The van der Waals surface area contributed by atoms with Gasteiger partial charge in [-0.2, -0.15) is 0 Å². The molecule has 0 radical (unpaired) electrons. The monoisotopic (exact) mass is 441 g/mol. The summed E-state index contributed by atoms with van der Waals surface area (Å²) in [5.41, 5.74) is 1.78. The highest BCUT2D eigenvalue weighted by atomic mass is 19.1. The second-order valence-corrected chi connectivity index (χ2v) is 9.33.